The minimum absolute atomic E-state index is 0.0253. The summed E-state index contributed by atoms with van der Waals surface area (Å²) >= 11 is 0. The molecule has 0 amide bonds. The fourth-order valence-electron chi connectivity index (χ4n) is 2.71. The number of nitrogen functional groups attached to an aromatic ring is 1. The lowest BCUT2D eigenvalue weighted by atomic mass is 10.2. The Balaban J connectivity index is 2.50. The summed E-state index contributed by atoms with van der Waals surface area (Å²) in [6.45, 7) is 3.84. The third-order valence-electron chi connectivity index (χ3n) is 3.71. The van der Waals surface area contributed by atoms with Crippen molar-refractivity contribution in [3.63, 3.8) is 0 Å². The summed E-state index contributed by atoms with van der Waals surface area (Å²) in [6, 6.07) is 3.37. The zero-order valence-corrected chi connectivity index (χ0v) is 12.0. The lowest BCUT2D eigenvalue weighted by molar-refractivity contribution is 0.328. The third-order valence-corrected chi connectivity index (χ3v) is 5.84. The SMILES string of the molecule is CCC1CCC(C)N1S(=O)(=O)c1cc(F)ccc1N. The molecule has 2 rings (SSSR count). The number of hydrogen-bond donors (Lipinski definition) is 1. The van der Waals surface area contributed by atoms with Crippen LogP contribution in [0.3, 0.4) is 0 Å². The molecule has 2 atom stereocenters. The van der Waals surface area contributed by atoms with E-state index in [1.807, 2.05) is 13.8 Å². The molecule has 0 spiro atoms. The van der Waals surface area contributed by atoms with Crippen LogP contribution in [0.25, 0.3) is 0 Å². The molecule has 1 saturated heterocycles. The van der Waals surface area contributed by atoms with E-state index in [0.29, 0.717) is 0 Å². The Bertz CT molecular complexity index is 574. The van der Waals surface area contributed by atoms with Crippen LogP contribution in [0, 0.1) is 5.82 Å². The fourth-order valence-corrected chi connectivity index (χ4v) is 4.79. The van der Waals surface area contributed by atoms with E-state index in [1.54, 1.807) is 0 Å². The number of benzene rings is 1. The minimum atomic E-state index is -3.73. The van der Waals surface area contributed by atoms with Crippen LogP contribution >= 0.6 is 0 Å². The first kappa shape index (κ1) is 14.3. The molecule has 106 valence electrons. The van der Waals surface area contributed by atoms with Crippen LogP contribution < -0.4 is 5.73 Å². The highest BCUT2D eigenvalue weighted by Crippen LogP contribution is 2.34. The van der Waals surface area contributed by atoms with E-state index in [4.69, 9.17) is 5.73 Å². The topological polar surface area (TPSA) is 63.4 Å². The average molecular weight is 286 g/mol. The highest BCUT2D eigenvalue weighted by molar-refractivity contribution is 7.89. The van der Waals surface area contributed by atoms with E-state index >= 15 is 0 Å². The summed E-state index contributed by atoms with van der Waals surface area (Å²) in [5.41, 5.74) is 5.80. The molecule has 1 aromatic rings. The Labute approximate surface area is 113 Å². The monoisotopic (exact) mass is 286 g/mol. The van der Waals surface area contributed by atoms with Gasteiger partial charge in [0.25, 0.3) is 0 Å². The molecule has 19 heavy (non-hydrogen) atoms. The summed E-state index contributed by atoms with van der Waals surface area (Å²) in [5, 5.41) is 0. The van der Waals surface area contributed by atoms with Crippen LogP contribution in [-0.2, 0) is 10.0 Å². The number of hydrogen-bond acceptors (Lipinski definition) is 3. The van der Waals surface area contributed by atoms with Crippen molar-refractivity contribution >= 4 is 15.7 Å². The molecule has 0 aromatic heterocycles. The van der Waals surface area contributed by atoms with Gasteiger partial charge in [0.2, 0.25) is 10.0 Å². The van der Waals surface area contributed by atoms with Gasteiger partial charge in [-0.05, 0) is 44.4 Å². The molecule has 0 bridgehead atoms. The maximum atomic E-state index is 13.3. The lowest BCUT2D eigenvalue weighted by Crippen LogP contribution is -2.39. The molecular weight excluding hydrogens is 267 g/mol. The number of nitrogens with zero attached hydrogens (tertiary/aromatic N) is 1. The fraction of sp³-hybridized carbons (Fsp3) is 0.538. The number of sulfonamides is 1. The zero-order chi connectivity index (χ0) is 14.2. The predicted molar refractivity (Wildman–Crippen MR) is 72.6 cm³/mol. The number of rotatable bonds is 3. The Morgan fingerprint density at radius 2 is 2.11 bits per heavy atom. The molecule has 6 heteroatoms. The Morgan fingerprint density at radius 3 is 2.74 bits per heavy atom. The average Bonchev–Trinajstić information content (AvgIpc) is 2.74. The Kier molecular flexibility index (Phi) is 3.82. The van der Waals surface area contributed by atoms with E-state index in [-0.39, 0.29) is 22.7 Å². The van der Waals surface area contributed by atoms with Crippen LogP contribution in [0.2, 0.25) is 0 Å². The summed E-state index contributed by atoms with van der Waals surface area (Å²) in [6.07, 6.45) is 2.41. The minimum Gasteiger partial charge on any atom is -0.398 e. The summed E-state index contributed by atoms with van der Waals surface area (Å²) in [5.74, 6) is -0.590. The van der Waals surface area contributed by atoms with Gasteiger partial charge in [-0.1, -0.05) is 6.92 Å². The second-order valence-electron chi connectivity index (χ2n) is 5.01. The summed E-state index contributed by atoms with van der Waals surface area (Å²) < 4.78 is 40.1. The van der Waals surface area contributed by atoms with Gasteiger partial charge >= 0.3 is 0 Å². The van der Waals surface area contributed by atoms with Crippen LogP contribution in [-0.4, -0.2) is 24.8 Å². The second kappa shape index (κ2) is 5.09. The van der Waals surface area contributed by atoms with Gasteiger partial charge in [-0.2, -0.15) is 4.31 Å². The van der Waals surface area contributed by atoms with Crippen molar-refractivity contribution in [1.29, 1.82) is 0 Å². The number of nitrogens with two attached hydrogens (primary N) is 1. The van der Waals surface area contributed by atoms with Crippen molar-refractivity contribution in [2.24, 2.45) is 0 Å². The van der Waals surface area contributed by atoms with Gasteiger partial charge in [-0.25, -0.2) is 12.8 Å². The number of anilines is 1. The van der Waals surface area contributed by atoms with E-state index < -0.39 is 15.8 Å². The lowest BCUT2D eigenvalue weighted by Gasteiger charge is -2.27. The standard InChI is InChI=1S/C13H19FN2O2S/c1-3-11-6-4-9(2)16(11)19(17,18)13-8-10(14)5-7-12(13)15/h5,7-9,11H,3-4,6,15H2,1-2H3. The molecule has 1 fully saturated rings. The van der Waals surface area contributed by atoms with Gasteiger partial charge in [-0.3, -0.25) is 0 Å². The largest absolute Gasteiger partial charge is 0.398 e. The van der Waals surface area contributed by atoms with E-state index in [9.17, 15) is 12.8 Å². The first-order valence-electron chi connectivity index (χ1n) is 6.46. The van der Waals surface area contributed by atoms with E-state index in [1.165, 1.54) is 16.4 Å². The van der Waals surface area contributed by atoms with E-state index in [0.717, 1.165) is 25.3 Å². The van der Waals surface area contributed by atoms with Gasteiger partial charge < -0.3 is 5.73 Å². The summed E-state index contributed by atoms with van der Waals surface area (Å²) in [7, 11) is -3.73. The van der Waals surface area contributed by atoms with Crippen molar-refractivity contribution in [1.82, 2.24) is 4.31 Å². The molecule has 2 unspecified atom stereocenters. The molecule has 0 radical (unpaired) electrons. The molecular formula is C13H19FN2O2S. The van der Waals surface area contributed by atoms with Gasteiger partial charge in [0.15, 0.2) is 0 Å². The molecule has 1 heterocycles. The highest BCUT2D eigenvalue weighted by Gasteiger charge is 2.39. The molecule has 0 saturated carbocycles. The van der Waals surface area contributed by atoms with Crippen LogP contribution in [0.4, 0.5) is 10.1 Å². The zero-order valence-electron chi connectivity index (χ0n) is 11.1. The Morgan fingerprint density at radius 1 is 1.42 bits per heavy atom. The number of halogens is 1. The van der Waals surface area contributed by atoms with E-state index in [2.05, 4.69) is 0 Å². The molecule has 0 aliphatic carbocycles. The van der Waals surface area contributed by atoms with Gasteiger partial charge in [0.1, 0.15) is 10.7 Å². The molecule has 4 nitrogen and oxygen atoms in total. The smallest absolute Gasteiger partial charge is 0.245 e. The van der Waals surface area contributed by atoms with Gasteiger partial charge in [0.05, 0.1) is 5.69 Å². The van der Waals surface area contributed by atoms with Crippen molar-refractivity contribution in [3.8, 4) is 0 Å². The van der Waals surface area contributed by atoms with Crippen molar-refractivity contribution < 1.29 is 12.8 Å². The first-order valence-corrected chi connectivity index (χ1v) is 7.90. The van der Waals surface area contributed by atoms with Gasteiger partial charge in [0, 0.05) is 12.1 Å². The maximum Gasteiger partial charge on any atom is 0.245 e. The normalized spacial score (nSPS) is 24.8. The molecule has 2 N–H and O–H groups in total. The second-order valence-corrected chi connectivity index (χ2v) is 6.82. The van der Waals surface area contributed by atoms with Crippen LogP contribution in [0.15, 0.2) is 23.1 Å². The maximum absolute atomic E-state index is 13.3. The van der Waals surface area contributed by atoms with Crippen LogP contribution in [0.5, 0.6) is 0 Å². The third kappa shape index (κ3) is 2.47. The molecule has 1 aromatic carbocycles. The molecule has 1 aliphatic rings. The quantitative estimate of drug-likeness (QED) is 0.868. The summed E-state index contributed by atoms with van der Waals surface area (Å²) in [4.78, 5) is -0.125. The first-order chi connectivity index (χ1) is 8.87. The Hall–Kier alpha value is -1.14. The van der Waals surface area contributed by atoms with Gasteiger partial charge in [-0.15, -0.1) is 0 Å². The van der Waals surface area contributed by atoms with Crippen molar-refractivity contribution in [2.45, 2.75) is 50.1 Å². The molecule has 1 aliphatic heterocycles. The predicted octanol–water partition coefficient (Wildman–Crippen LogP) is 2.36. The van der Waals surface area contributed by atoms with Crippen LogP contribution in [0.1, 0.15) is 33.1 Å². The van der Waals surface area contributed by atoms with Crippen molar-refractivity contribution in [2.75, 3.05) is 5.73 Å². The van der Waals surface area contributed by atoms with Crippen molar-refractivity contribution in [3.05, 3.63) is 24.0 Å². The highest BCUT2D eigenvalue weighted by atomic mass is 32.2.